The van der Waals surface area contributed by atoms with Gasteiger partial charge in [-0.25, -0.2) is 4.98 Å². The van der Waals surface area contributed by atoms with Gasteiger partial charge in [0.1, 0.15) is 5.01 Å². The zero-order valence-corrected chi connectivity index (χ0v) is 12.8. The number of ether oxygens (including phenoxy) is 2. The summed E-state index contributed by atoms with van der Waals surface area (Å²) in [7, 11) is 0. The molecule has 0 amide bonds. The van der Waals surface area contributed by atoms with E-state index in [-0.39, 0.29) is 6.79 Å². The lowest BCUT2D eigenvalue weighted by Crippen LogP contribution is -2.21. The van der Waals surface area contributed by atoms with Gasteiger partial charge < -0.3 is 14.8 Å². The van der Waals surface area contributed by atoms with Gasteiger partial charge in [-0.15, -0.1) is 11.3 Å². The molecule has 0 spiro atoms. The number of thiazole rings is 1. The Hall–Kier alpha value is -1.30. The fraction of sp³-hybridized carbons (Fsp3) is 0.357. The fourth-order valence-electron chi connectivity index (χ4n) is 1.92. The predicted molar refractivity (Wildman–Crippen MR) is 80.7 cm³/mol. The fourth-order valence-corrected chi connectivity index (χ4v) is 3.03. The summed E-state index contributed by atoms with van der Waals surface area (Å²) in [6, 6.07) is 4.25. The largest absolute Gasteiger partial charge is 0.454 e. The second-order valence-electron chi connectivity index (χ2n) is 4.86. The lowest BCUT2D eigenvalue weighted by molar-refractivity contribution is 0.174. The van der Waals surface area contributed by atoms with Crippen molar-refractivity contribution in [2.24, 2.45) is 0 Å². The number of hydrogen-bond donors (Lipinski definition) is 1. The summed E-state index contributed by atoms with van der Waals surface area (Å²) >= 11 is 7.85. The lowest BCUT2D eigenvalue weighted by atomic mass is 10.2. The zero-order valence-electron chi connectivity index (χ0n) is 11.3. The van der Waals surface area contributed by atoms with Crippen LogP contribution in [0.15, 0.2) is 18.3 Å². The molecule has 3 rings (SSSR count). The summed E-state index contributed by atoms with van der Waals surface area (Å²) in [4.78, 5) is 5.65. The van der Waals surface area contributed by atoms with Crippen LogP contribution in [0.5, 0.6) is 11.5 Å². The molecule has 0 bridgehead atoms. The highest BCUT2D eigenvalue weighted by molar-refractivity contribution is 7.15. The molecule has 0 radical (unpaired) electrons. The first kappa shape index (κ1) is 13.7. The standard InChI is InChI=1S/C14H15ClN2O2S/c1-8(2)16-5-10-6-17-14(20-10)9-3-11(15)13-12(4-9)18-7-19-13/h3-4,6,8,16H,5,7H2,1-2H3. The molecule has 1 N–H and O–H groups in total. The highest BCUT2D eigenvalue weighted by Crippen LogP contribution is 2.42. The third-order valence-corrected chi connectivity index (χ3v) is 4.24. The third-order valence-electron chi connectivity index (χ3n) is 2.91. The number of hydrogen-bond acceptors (Lipinski definition) is 5. The summed E-state index contributed by atoms with van der Waals surface area (Å²) in [5.74, 6) is 1.30. The van der Waals surface area contributed by atoms with Crippen molar-refractivity contribution in [3.8, 4) is 22.1 Å². The van der Waals surface area contributed by atoms with Crippen LogP contribution in [-0.2, 0) is 6.54 Å². The van der Waals surface area contributed by atoms with Crippen LogP contribution in [0.3, 0.4) is 0 Å². The maximum absolute atomic E-state index is 6.19. The Balaban J connectivity index is 1.84. The van der Waals surface area contributed by atoms with Gasteiger partial charge in [0.2, 0.25) is 6.79 Å². The second kappa shape index (κ2) is 5.60. The third kappa shape index (κ3) is 2.75. The Bertz CT molecular complexity index is 628. The van der Waals surface area contributed by atoms with E-state index in [2.05, 4.69) is 24.1 Å². The Morgan fingerprint density at radius 3 is 3.05 bits per heavy atom. The van der Waals surface area contributed by atoms with Gasteiger partial charge in [-0.05, 0) is 12.1 Å². The molecule has 0 saturated carbocycles. The van der Waals surface area contributed by atoms with Gasteiger partial charge in [-0.2, -0.15) is 0 Å². The minimum atomic E-state index is 0.222. The van der Waals surface area contributed by atoms with Crippen LogP contribution in [0, 0.1) is 0 Å². The van der Waals surface area contributed by atoms with E-state index >= 15 is 0 Å². The van der Waals surface area contributed by atoms with E-state index in [1.807, 2.05) is 18.3 Å². The summed E-state index contributed by atoms with van der Waals surface area (Å²) in [5, 5.41) is 4.88. The van der Waals surface area contributed by atoms with E-state index < -0.39 is 0 Å². The molecule has 1 aliphatic heterocycles. The second-order valence-corrected chi connectivity index (χ2v) is 6.38. The van der Waals surface area contributed by atoms with Crippen LogP contribution in [0.2, 0.25) is 5.02 Å². The maximum atomic E-state index is 6.19. The highest BCUT2D eigenvalue weighted by Gasteiger charge is 2.19. The van der Waals surface area contributed by atoms with Crippen molar-refractivity contribution in [1.82, 2.24) is 10.3 Å². The number of fused-ring (bicyclic) bond motifs is 1. The van der Waals surface area contributed by atoms with Crippen LogP contribution in [0.25, 0.3) is 10.6 Å². The molecule has 20 heavy (non-hydrogen) atoms. The first-order valence-electron chi connectivity index (χ1n) is 6.41. The Labute approximate surface area is 126 Å². The van der Waals surface area contributed by atoms with Crippen molar-refractivity contribution in [2.45, 2.75) is 26.4 Å². The Morgan fingerprint density at radius 1 is 1.40 bits per heavy atom. The smallest absolute Gasteiger partial charge is 0.231 e. The first-order chi connectivity index (χ1) is 9.63. The summed E-state index contributed by atoms with van der Waals surface area (Å²) in [6.07, 6.45) is 1.90. The van der Waals surface area contributed by atoms with E-state index in [1.165, 1.54) is 4.88 Å². The molecule has 0 saturated heterocycles. The molecule has 106 valence electrons. The van der Waals surface area contributed by atoms with E-state index in [0.29, 0.717) is 22.6 Å². The average Bonchev–Trinajstić information content (AvgIpc) is 3.05. The topological polar surface area (TPSA) is 43.4 Å². The zero-order chi connectivity index (χ0) is 14.1. The molecule has 0 unspecified atom stereocenters. The first-order valence-corrected chi connectivity index (χ1v) is 7.60. The molecule has 0 fully saturated rings. The number of nitrogens with zero attached hydrogens (tertiary/aromatic N) is 1. The van der Waals surface area contributed by atoms with Crippen molar-refractivity contribution >= 4 is 22.9 Å². The van der Waals surface area contributed by atoms with Gasteiger partial charge in [0.05, 0.1) is 5.02 Å². The quantitative estimate of drug-likeness (QED) is 0.935. The average molecular weight is 311 g/mol. The number of benzene rings is 1. The lowest BCUT2D eigenvalue weighted by Gasteiger charge is -2.05. The van der Waals surface area contributed by atoms with Crippen molar-refractivity contribution < 1.29 is 9.47 Å². The normalized spacial score (nSPS) is 13.2. The van der Waals surface area contributed by atoms with Gasteiger partial charge >= 0.3 is 0 Å². The molecule has 4 nitrogen and oxygen atoms in total. The van der Waals surface area contributed by atoms with Crippen LogP contribution in [0.1, 0.15) is 18.7 Å². The van der Waals surface area contributed by atoms with Crippen molar-refractivity contribution in [2.75, 3.05) is 6.79 Å². The van der Waals surface area contributed by atoms with Gasteiger partial charge in [0, 0.05) is 29.2 Å². The summed E-state index contributed by atoms with van der Waals surface area (Å²) < 4.78 is 10.7. The molecule has 2 heterocycles. The van der Waals surface area contributed by atoms with Crippen molar-refractivity contribution in [3.05, 3.63) is 28.2 Å². The van der Waals surface area contributed by atoms with Gasteiger partial charge in [0.25, 0.3) is 0 Å². The van der Waals surface area contributed by atoms with Crippen LogP contribution < -0.4 is 14.8 Å². The van der Waals surface area contributed by atoms with E-state index in [0.717, 1.165) is 17.1 Å². The van der Waals surface area contributed by atoms with Gasteiger partial charge in [-0.3, -0.25) is 0 Å². The number of nitrogens with one attached hydrogen (secondary N) is 1. The van der Waals surface area contributed by atoms with Crippen LogP contribution in [0.4, 0.5) is 0 Å². The Morgan fingerprint density at radius 2 is 2.25 bits per heavy atom. The number of halogens is 1. The molecule has 0 atom stereocenters. The molecule has 0 aliphatic carbocycles. The van der Waals surface area contributed by atoms with Crippen LogP contribution in [-0.4, -0.2) is 17.8 Å². The molecular formula is C14H15ClN2O2S. The molecule has 1 aliphatic rings. The van der Waals surface area contributed by atoms with Gasteiger partial charge in [-0.1, -0.05) is 25.4 Å². The molecule has 1 aromatic heterocycles. The van der Waals surface area contributed by atoms with E-state index in [4.69, 9.17) is 21.1 Å². The van der Waals surface area contributed by atoms with Gasteiger partial charge in [0.15, 0.2) is 11.5 Å². The highest BCUT2D eigenvalue weighted by atomic mass is 35.5. The van der Waals surface area contributed by atoms with Crippen molar-refractivity contribution in [3.63, 3.8) is 0 Å². The molecule has 1 aromatic carbocycles. The maximum Gasteiger partial charge on any atom is 0.231 e. The summed E-state index contributed by atoms with van der Waals surface area (Å²) in [6.45, 7) is 5.30. The minimum Gasteiger partial charge on any atom is -0.454 e. The molecule has 6 heteroatoms. The molecule has 2 aromatic rings. The SMILES string of the molecule is CC(C)NCc1cnc(-c2cc(Cl)c3c(c2)OCO3)s1. The Kier molecular flexibility index (Phi) is 3.83. The van der Waals surface area contributed by atoms with E-state index in [9.17, 15) is 0 Å². The number of aromatic nitrogens is 1. The molecular weight excluding hydrogens is 296 g/mol. The summed E-state index contributed by atoms with van der Waals surface area (Å²) in [5.41, 5.74) is 0.958. The predicted octanol–water partition coefficient (Wildman–Crippen LogP) is 3.69. The van der Waals surface area contributed by atoms with E-state index in [1.54, 1.807) is 11.3 Å². The minimum absolute atomic E-state index is 0.222. The monoisotopic (exact) mass is 310 g/mol. The van der Waals surface area contributed by atoms with Crippen LogP contribution >= 0.6 is 22.9 Å². The number of rotatable bonds is 4. The van der Waals surface area contributed by atoms with Crippen molar-refractivity contribution in [1.29, 1.82) is 0 Å².